The van der Waals surface area contributed by atoms with E-state index in [4.69, 9.17) is 4.74 Å². The maximum absolute atomic E-state index is 5.08. The van der Waals surface area contributed by atoms with Crippen LogP contribution in [0.2, 0.25) is 0 Å². The number of nitrogens with one attached hydrogen (secondary N) is 1. The number of ether oxygens (including phenoxy) is 1. The van der Waals surface area contributed by atoms with Crippen LogP contribution in [0, 0.1) is 5.92 Å². The van der Waals surface area contributed by atoms with E-state index in [0.717, 1.165) is 18.9 Å². The summed E-state index contributed by atoms with van der Waals surface area (Å²) in [5, 5.41) is 3.68. The molecule has 0 spiro atoms. The molecular formula is C12H25NO. The Labute approximate surface area is 88.4 Å². The first kappa shape index (κ1) is 12.0. The van der Waals surface area contributed by atoms with Crippen LogP contribution in [-0.2, 0) is 4.74 Å². The van der Waals surface area contributed by atoms with E-state index in [2.05, 4.69) is 19.2 Å². The Hall–Kier alpha value is -0.0800. The van der Waals surface area contributed by atoms with Crippen LogP contribution in [0.15, 0.2) is 0 Å². The second-order valence-corrected chi connectivity index (χ2v) is 4.68. The van der Waals surface area contributed by atoms with Crippen molar-refractivity contribution in [1.82, 2.24) is 5.32 Å². The van der Waals surface area contributed by atoms with E-state index in [-0.39, 0.29) is 0 Å². The third-order valence-corrected chi connectivity index (χ3v) is 3.41. The predicted octanol–water partition coefficient (Wildman–Crippen LogP) is 2.58. The molecule has 2 atom stereocenters. The van der Waals surface area contributed by atoms with Crippen molar-refractivity contribution in [2.24, 2.45) is 5.92 Å². The number of rotatable bonds is 6. The molecule has 1 N–H and O–H groups in total. The van der Waals surface area contributed by atoms with Crippen LogP contribution in [0.3, 0.4) is 0 Å². The summed E-state index contributed by atoms with van der Waals surface area (Å²) < 4.78 is 5.08. The van der Waals surface area contributed by atoms with Gasteiger partial charge in [0.2, 0.25) is 0 Å². The Bertz CT molecular complexity index is 143. The van der Waals surface area contributed by atoms with Crippen molar-refractivity contribution in [3.63, 3.8) is 0 Å². The molecule has 2 unspecified atom stereocenters. The average molecular weight is 199 g/mol. The second kappa shape index (κ2) is 6.41. The van der Waals surface area contributed by atoms with Crippen LogP contribution in [0.4, 0.5) is 0 Å². The summed E-state index contributed by atoms with van der Waals surface area (Å²) in [7, 11) is 1.77. The zero-order valence-corrected chi connectivity index (χ0v) is 9.88. The van der Waals surface area contributed by atoms with E-state index < -0.39 is 0 Å². The van der Waals surface area contributed by atoms with Gasteiger partial charge in [0, 0.05) is 25.8 Å². The Morgan fingerprint density at radius 1 is 1.29 bits per heavy atom. The van der Waals surface area contributed by atoms with Crippen molar-refractivity contribution in [3.8, 4) is 0 Å². The molecule has 0 bridgehead atoms. The van der Waals surface area contributed by atoms with Gasteiger partial charge in [-0.1, -0.05) is 12.8 Å². The van der Waals surface area contributed by atoms with Crippen LogP contribution in [0.5, 0.6) is 0 Å². The van der Waals surface area contributed by atoms with Crippen LogP contribution in [0.25, 0.3) is 0 Å². The molecule has 0 aromatic rings. The third-order valence-electron chi connectivity index (χ3n) is 3.41. The molecule has 1 aliphatic rings. The van der Waals surface area contributed by atoms with Gasteiger partial charge in [-0.2, -0.15) is 0 Å². The summed E-state index contributed by atoms with van der Waals surface area (Å²) in [6.45, 7) is 5.45. The van der Waals surface area contributed by atoms with Gasteiger partial charge in [-0.15, -0.1) is 0 Å². The van der Waals surface area contributed by atoms with Crippen molar-refractivity contribution in [1.29, 1.82) is 0 Å². The normalized spacial score (nSPS) is 22.5. The van der Waals surface area contributed by atoms with Crippen molar-refractivity contribution >= 4 is 0 Å². The van der Waals surface area contributed by atoms with Gasteiger partial charge in [0.1, 0.15) is 0 Å². The molecule has 84 valence electrons. The average Bonchev–Trinajstić information content (AvgIpc) is 2.67. The molecule has 1 aliphatic carbocycles. The van der Waals surface area contributed by atoms with Crippen molar-refractivity contribution in [2.75, 3.05) is 13.7 Å². The lowest BCUT2D eigenvalue weighted by atomic mass is 9.99. The molecule has 0 aromatic heterocycles. The van der Waals surface area contributed by atoms with E-state index in [0.29, 0.717) is 12.1 Å². The van der Waals surface area contributed by atoms with E-state index in [1.54, 1.807) is 7.11 Å². The molecule has 0 radical (unpaired) electrons. The third kappa shape index (κ3) is 3.97. The highest BCUT2D eigenvalue weighted by atomic mass is 16.5. The minimum absolute atomic E-state index is 0.588. The Balaban J connectivity index is 2.14. The van der Waals surface area contributed by atoms with Gasteiger partial charge < -0.3 is 10.1 Å². The van der Waals surface area contributed by atoms with Gasteiger partial charge in [0.25, 0.3) is 0 Å². The summed E-state index contributed by atoms with van der Waals surface area (Å²) in [6.07, 6.45) is 6.83. The van der Waals surface area contributed by atoms with Gasteiger partial charge in [0.05, 0.1) is 0 Å². The summed E-state index contributed by atoms with van der Waals surface area (Å²) in [4.78, 5) is 0. The van der Waals surface area contributed by atoms with Crippen LogP contribution in [0.1, 0.15) is 46.0 Å². The van der Waals surface area contributed by atoms with Crippen molar-refractivity contribution in [3.05, 3.63) is 0 Å². The first-order valence-corrected chi connectivity index (χ1v) is 5.99. The highest BCUT2D eigenvalue weighted by Crippen LogP contribution is 2.27. The van der Waals surface area contributed by atoms with Crippen LogP contribution >= 0.6 is 0 Å². The van der Waals surface area contributed by atoms with E-state index in [1.807, 2.05) is 0 Å². The molecule has 0 amide bonds. The molecule has 2 heteroatoms. The van der Waals surface area contributed by atoms with Gasteiger partial charge in [-0.25, -0.2) is 0 Å². The molecule has 1 fully saturated rings. The number of methoxy groups -OCH3 is 1. The first-order valence-electron chi connectivity index (χ1n) is 5.99. The predicted molar refractivity (Wildman–Crippen MR) is 60.5 cm³/mol. The lowest BCUT2D eigenvalue weighted by molar-refractivity contribution is 0.180. The lowest BCUT2D eigenvalue weighted by Gasteiger charge is -2.24. The second-order valence-electron chi connectivity index (χ2n) is 4.68. The molecule has 0 aromatic carbocycles. The summed E-state index contributed by atoms with van der Waals surface area (Å²) in [6, 6.07) is 1.27. The molecule has 1 rings (SSSR count). The van der Waals surface area contributed by atoms with Gasteiger partial charge in [-0.3, -0.25) is 0 Å². The topological polar surface area (TPSA) is 21.3 Å². The van der Waals surface area contributed by atoms with Gasteiger partial charge in [0.15, 0.2) is 0 Å². The molecule has 0 aliphatic heterocycles. The maximum Gasteiger partial charge on any atom is 0.0476 e. The van der Waals surface area contributed by atoms with Gasteiger partial charge >= 0.3 is 0 Å². The number of hydrogen-bond acceptors (Lipinski definition) is 2. The van der Waals surface area contributed by atoms with Crippen molar-refractivity contribution in [2.45, 2.75) is 58.0 Å². The molecule has 2 nitrogen and oxygen atoms in total. The van der Waals surface area contributed by atoms with Gasteiger partial charge in [-0.05, 0) is 39.0 Å². The summed E-state index contributed by atoms with van der Waals surface area (Å²) in [5.41, 5.74) is 0. The van der Waals surface area contributed by atoms with Crippen molar-refractivity contribution < 1.29 is 4.74 Å². The zero-order valence-electron chi connectivity index (χ0n) is 9.88. The molecule has 0 heterocycles. The van der Waals surface area contributed by atoms with E-state index in [9.17, 15) is 0 Å². The highest BCUT2D eigenvalue weighted by Gasteiger charge is 2.22. The minimum atomic E-state index is 0.588. The largest absolute Gasteiger partial charge is 0.385 e. The highest BCUT2D eigenvalue weighted by molar-refractivity contribution is 4.79. The summed E-state index contributed by atoms with van der Waals surface area (Å²) >= 11 is 0. The molecule has 14 heavy (non-hydrogen) atoms. The smallest absolute Gasteiger partial charge is 0.0476 e. The molecular weight excluding hydrogens is 174 g/mol. The fraction of sp³-hybridized carbons (Fsp3) is 1.00. The molecule has 0 saturated heterocycles. The fourth-order valence-electron chi connectivity index (χ4n) is 2.42. The lowest BCUT2D eigenvalue weighted by Crippen LogP contribution is -2.39. The Morgan fingerprint density at radius 2 is 1.93 bits per heavy atom. The van der Waals surface area contributed by atoms with E-state index in [1.165, 1.54) is 25.7 Å². The van der Waals surface area contributed by atoms with Crippen LogP contribution < -0.4 is 5.32 Å². The number of hydrogen-bond donors (Lipinski definition) is 1. The SMILES string of the molecule is COCCC(C)NC(C)C1CCCC1. The standard InChI is InChI=1S/C12H25NO/c1-10(8-9-14-3)13-11(2)12-6-4-5-7-12/h10-13H,4-9H2,1-3H3. The quantitative estimate of drug-likeness (QED) is 0.710. The summed E-state index contributed by atoms with van der Waals surface area (Å²) in [5.74, 6) is 0.917. The van der Waals surface area contributed by atoms with E-state index >= 15 is 0 Å². The monoisotopic (exact) mass is 199 g/mol. The molecule has 1 saturated carbocycles. The zero-order chi connectivity index (χ0) is 10.4. The maximum atomic E-state index is 5.08. The first-order chi connectivity index (χ1) is 6.74. The minimum Gasteiger partial charge on any atom is -0.385 e. The fourth-order valence-corrected chi connectivity index (χ4v) is 2.42. The van der Waals surface area contributed by atoms with Crippen LogP contribution in [-0.4, -0.2) is 25.8 Å². The Morgan fingerprint density at radius 3 is 2.50 bits per heavy atom. The Kier molecular flexibility index (Phi) is 5.49.